The van der Waals surface area contributed by atoms with Crippen LogP contribution in [0.4, 0.5) is 11.4 Å². The molecule has 1 amide bonds. The van der Waals surface area contributed by atoms with Gasteiger partial charge in [0.15, 0.2) is 0 Å². The molecule has 1 aliphatic heterocycles. The zero-order chi connectivity index (χ0) is 16.7. The zero-order valence-corrected chi connectivity index (χ0v) is 14.7. The molecule has 1 aromatic carbocycles. The number of nitro groups is 1. The number of hydrogen-bond donors (Lipinski definition) is 3. The third-order valence-electron chi connectivity index (χ3n) is 4.03. The highest BCUT2D eigenvalue weighted by Crippen LogP contribution is 2.25. The van der Waals surface area contributed by atoms with Crippen molar-refractivity contribution in [3.63, 3.8) is 0 Å². The average Bonchev–Trinajstić information content (AvgIpc) is 2.56. The quantitative estimate of drug-likeness (QED) is 0.395. The molecule has 0 radical (unpaired) electrons. The summed E-state index contributed by atoms with van der Waals surface area (Å²) in [7, 11) is 0. The molecule has 0 aliphatic carbocycles. The predicted molar refractivity (Wildman–Crippen MR) is 96.8 cm³/mol. The standard InChI is InChI=1S/C16H24N4O3.ClH/c1-12-3-4-14(15(11-12)20(22)23)18-7-2-8-19-16(21)13-5-9-17-10-6-13;/h3-4,11,13,17-18H,2,5-10H2,1H3,(H,19,21);1H. The summed E-state index contributed by atoms with van der Waals surface area (Å²) in [6, 6.07) is 5.12. The van der Waals surface area contributed by atoms with Gasteiger partial charge in [0, 0.05) is 25.1 Å². The Labute approximate surface area is 148 Å². The lowest BCUT2D eigenvalue weighted by Gasteiger charge is -2.21. The van der Waals surface area contributed by atoms with Crippen LogP contribution in [-0.4, -0.2) is 37.0 Å². The van der Waals surface area contributed by atoms with Crippen molar-refractivity contribution in [3.8, 4) is 0 Å². The van der Waals surface area contributed by atoms with Crippen LogP contribution < -0.4 is 16.0 Å². The van der Waals surface area contributed by atoms with E-state index in [1.54, 1.807) is 12.1 Å². The molecule has 1 aliphatic rings. The summed E-state index contributed by atoms with van der Waals surface area (Å²) < 4.78 is 0. The second-order valence-electron chi connectivity index (χ2n) is 5.87. The van der Waals surface area contributed by atoms with Crippen LogP contribution in [0, 0.1) is 23.0 Å². The van der Waals surface area contributed by atoms with Gasteiger partial charge in [0.25, 0.3) is 5.69 Å². The predicted octanol–water partition coefficient (Wildman–Crippen LogP) is 2.24. The number of nitro benzene ring substituents is 1. The molecule has 0 unspecified atom stereocenters. The lowest BCUT2D eigenvalue weighted by Crippen LogP contribution is -2.38. The van der Waals surface area contributed by atoms with E-state index in [9.17, 15) is 14.9 Å². The fourth-order valence-electron chi connectivity index (χ4n) is 2.69. The molecule has 8 heteroatoms. The summed E-state index contributed by atoms with van der Waals surface area (Å²) >= 11 is 0. The van der Waals surface area contributed by atoms with Gasteiger partial charge >= 0.3 is 0 Å². The van der Waals surface area contributed by atoms with Gasteiger partial charge in [0.1, 0.15) is 5.69 Å². The minimum absolute atomic E-state index is 0. The molecule has 0 atom stereocenters. The number of amides is 1. The molecule has 134 valence electrons. The third-order valence-corrected chi connectivity index (χ3v) is 4.03. The lowest BCUT2D eigenvalue weighted by molar-refractivity contribution is -0.384. The smallest absolute Gasteiger partial charge is 0.292 e. The normalized spacial score (nSPS) is 14.5. The maximum atomic E-state index is 12.0. The number of piperidine rings is 1. The molecular weight excluding hydrogens is 332 g/mol. The summed E-state index contributed by atoms with van der Waals surface area (Å²) in [6.45, 7) is 4.78. The van der Waals surface area contributed by atoms with Crippen molar-refractivity contribution in [2.24, 2.45) is 5.92 Å². The Morgan fingerprint density at radius 3 is 2.71 bits per heavy atom. The molecule has 1 saturated heterocycles. The van der Waals surface area contributed by atoms with E-state index < -0.39 is 0 Å². The van der Waals surface area contributed by atoms with Crippen molar-refractivity contribution >= 4 is 29.7 Å². The lowest BCUT2D eigenvalue weighted by atomic mass is 9.97. The molecule has 2 rings (SSSR count). The van der Waals surface area contributed by atoms with Crippen LogP contribution in [0.2, 0.25) is 0 Å². The van der Waals surface area contributed by atoms with E-state index in [0.29, 0.717) is 18.8 Å². The average molecular weight is 357 g/mol. The first-order valence-corrected chi connectivity index (χ1v) is 8.05. The first kappa shape index (κ1) is 20.2. The molecule has 3 N–H and O–H groups in total. The number of nitrogens with one attached hydrogen (secondary N) is 3. The number of rotatable bonds is 7. The SMILES string of the molecule is Cc1ccc(NCCCNC(=O)C2CCNCC2)c([N+](=O)[O-])c1.Cl. The van der Waals surface area contributed by atoms with Crippen LogP contribution in [0.25, 0.3) is 0 Å². The van der Waals surface area contributed by atoms with Crippen LogP contribution in [0.5, 0.6) is 0 Å². The van der Waals surface area contributed by atoms with Crippen molar-refractivity contribution < 1.29 is 9.72 Å². The van der Waals surface area contributed by atoms with Gasteiger partial charge in [-0.25, -0.2) is 0 Å². The van der Waals surface area contributed by atoms with Gasteiger partial charge in [0.2, 0.25) is 5.91 Å². The largest absolute Gasteiger partial charge is 0.379 e. The molecule has 0 bridgehead atoms. The van der Waals surface area contributed by atoms with Gasteiger partial charge in [-0.3, -0.25) is 14.9 Å². The monoisotopic (exact) mass is 356 g/mol. The Bertz CT molecular complexity index is 562. The van der Waals surface area contributed by atoms with Crippen molar-refractivity contribution in [2.75, 3.05) is 31.5 Å². The van der Waals surface area contributed by atoms with E-state index in [1.165, 1.54) is 0 Å². The van der Waals surface area contributed by atoms with E-state index in [-0.39, 0.29) is 34.8 Å². The van der Waals surface area contributed by atoms with Crippen LogP contribution >= 0.6 is 12.4 Å². The Balaban J connectivity index is 0.00000288. The Kier molecular flexibility index (Phi) is 8.49. The fraction of sp³-hybridized carbons (Fsp3) is 0.562. The number of benzene rings is 1. The summed E-state index contributed by atoms with van der Waals surface area (Å²) in [5.41, 5.74) is 1.46. The molecule has 7 nitrogen and oxygen atoms in total. The number of carbonyl (C=O) groups is 1. The second-order valence-corrected chi connectivity index (χ2v) is 5.87. The Morgan fingerprint density at radius 2 is 2.04 bits per heavy atom. The topological polar surface area (TPSA) is 96.3 Å². The maximum absolute atomic E-state index is 12.0. The summed E-state index contributed by atoms with van der Waals surface area (Å²) in [5, 5.41) is 20.3. The van der Waals surface area contributed by atoms with Crippen LogP contribution in [0.1, 0.15) is 24.8 Å². The van der Waals surface area contributed by atoms with E-state index in [2.05, 4.69) is 16.0 Å². The van der Waals surface area contributed by atoms with E-state index >= 15 is 0 Å². The number of anilines is 1. The molecule has 0 spiro atoms. The van der Waals surface area contributed by atoms with Crippen LogP contribution in [0.15, 0.2) is 18.2 Å². The minimum atomic E-state index is -0.381. The maximum Gasteiger partial charge on any atom is 0.292 e. The molecule has 0 aromatic heterocycles. The number of nitrogens with zero attached hydrogens (tertiary/aromatic N) is 1. The summed E-state index contributed by atoms with van der Waals surface area (Å²) in [4.78, 5) is 22.6. The highest BCUT2D eigenvalue weighted by molar-refractivity contribution is 5.85. The van der Waals surface area contributed by atoms with E-state index in [1.807, 2.05) is 13.0 Å². The highest BCUT2D eigenvalue weighted by Gasteiger charge is 2.20. The van der Waals surface area contributed by atoms with E-state index in [4.69, 9.17) is 0 Å². The summed E-state index contributed by atoms with van der Waals surface area (Å²) in [5.74, 6) is 0.232. The first-order chi connectivity index (χ1) is 11.1. The molecular formula is C16H25ClN4O3. The van der Waals surface area contributed by atoms with E-state index in [0.717, 1.165) is 37.9 Å². The van der Waals surface area contributed by atoms with Gasteiger partial charge in [-0.15, -0.1) is 12.4 Å². The number of hydrogen-bond acceptors (Lipinski definition) is 5. The van der Waals surface area contributed by atoms with Gasteiger partial charge in [0.05, 0.1) is 4.92 Å². The number of carbonyl (C=O) groups excluding carboxylic acids is 1. The second kappa shape index (κ2) is 10.1. The molecule has 24 heavy (non-hydrogen) atoms. The first-order valence-electron chi connectivity index (χ1n) is 8.05. The summed E-state index contributed by atoms with van der Waals surface area (Å²) in [6.07, 6.45) is 2.50. The third kappa shape index (κ3) is 5.98. The van der Waals surface area contributed by atoms with Crippen LogP contribution in [0.3, 0.4) is 0 Å². The fourth-order valence-corrected chi connectivity index (χ4v) is 2.69. The van der Waals surface area contributed by atoms with Crippen molar-refractivity contribution in [2.45, 2.75) is 26.2 Å². The van der Waals surface area contributed by atoms with Crippen molar-refractivity contribution in [1.29, 1.82) is 0 Å². The van der Waals surface area contributed by atoms with Crippen molar-refractivity contribution in [3.05, 3.63) is 33.9 Å². The van der Waals surface area contributed by atoms with Gasteiger partial charge < -0.3 is 16.0 Å². The molecule has 1 heterocycles. The highest BCUT2D eigenvalue weighted by atomic mass is 35.5. The Hall–Kier alpha value is -1.86. The molecule has 0 saturated carbocycles. The van der Waals surface area contributed by atoms with Crippen molar-refractivity contribution in [1.82, 2.24) is 10.6 Å². The Morgan fingerprint density at radius 1 is 1.33 bits per heavy atom. The number of aryl methyl sites for hydroxylation is 1. The van der Waals surface area contributed by atoms with Crippen LogP contribution in [-0.2, 0) is 4.79 Å². The van der Waals surface area contributed by atoms with Gasteiger partial charge in [-0.2, -0.15) is 0 Å². The van der Waals surface area contributed by atoms with Gasteiger partial charge in [-0.1, -0.05) is 6.07 Å². The van der Waals surface area contributed by atoms with Gasteiger partial charge in [-0.05, 0) is 50.9 Å². The molecule has 1 aromatic rings. The zero-order valence-electron chi connectivity index (χ0n) is 13.8. The number of halogens is 1. The molecule has 1 fully saturated rings. The minimum Gasteiger partial charge on any atom is -0.379 e.